The van der Waals surface area contributed by atoms with Gasteiger partial charge in [-0.1, -0.05) is 35.5 Å². The number of aromatic nitrogens is 2. The number of nitrogens with zero attached hydrogens (tertiary/aromatic N) is 3. The maximum atomic E-state index is 13.2. The molecule has 0 saturated carbocycles. The number of benzene rings is 2. The topological polar surface area (TPSA) is 105 Å². The molecule has 0 unspecified atom stereocenters. The minimum absolute atomic E-state index is 0.0654. The summed E-state index contributed by atoms with van der Waals surface area (Å²) in [5, 5.41) is 6.44. The van der Waals surface area contributed by atoms with Gasteiger partial charge in [0.2, 0.25) is 27.6 Å². The van der Waals surface area contributed by atoms with Crippen LogP contribution in [0.5, 0.6) is 0 Å². The highest BCUT2D eigenvalue weighted by Crippen LogP contribution is 2.21. The fourth-order valence-corrected chi connectivity index (χ4v) is 3.91. The third-order valence-electron chi connectivity index (χ3n) is 4.08. The first kappa shape index (κ1) is 20.5. The molecule has 3 aromatic rings. The Morgan fingerprint density at radius 2 is 1.83 bits per heavy atom. The second-order valence-corrected chi connectivity index (χ2v) is 8.17. The highest BCUT2D eigenvalue weighted by Gasteiger charge is 2.29. The fraction of sp³-hybridized carbons (Fsp3) is 0.211. The first-order valence-electron chi connectivity index (χ1n) is 8.66. The smallest absolute Gasteiger partial charge is 0.246 e. The monoisotopic (exact) mass is 418 g/mol. The molecule has 0 radical (unpaired) electrons. The Morgan fingerprint density at radius 1 is 1.17 bits per heavy atom. The second kappa shape index (κ2) is 8.39. The largest absolute Gasteiger partial charge is 0.345 e. The van der Waals surface area contributed by atoms with Crippen LogP contribution < -0.4 is 9.62 Å². The molecule has 1 N–H and O–H groups in total. The van der Waals surface area contributed by atoms with Gasteiger partial charge in [-0.25, -0.2) is 12.8 Å². The van der Waals surface area contributed by atoms with E-state index in [-0.39, 0.29) is 18.1 Å². The molecule has 8 nitrogen and oxygen atoms in total. The molecule has 0 bridgehead atoms. The van der Waals surface area contributed by atoms with Gasteiger partial charge in [-0.15, -0.1) is 0 Å². The maximum Gasteiger partial charge on any atom is 0.246 e. The van der Waals surface area contributed by atoms with Crippen molar-refractivity contribution in [2.75, 3.05) is 10.6 Å². The van der Waals surface area contributed by atoms with Crippen molar-refractivity contribution in [2.45, 2.75) is 19.5 Å². The summed E-state index contributed by atoms with van der Waals surface area (Å²) in [7, 11) is -3.79. The number of amides is 1. The Balaban J connectivity index is 1.70. The lowest BCUT2D eigenvalue weighted by Gasteiger charge is -2.28. The number of anilines is 1. The molecule has 0 saturated heterocycles. The van der Waals surface area contributed by atoms with Crippen molar-refractivity contribution in [3.05, 3.63) is 66.3 Å². The van der Waals surface area contributed by atoms with Gasteiger partial charge in [0, 0.05) is 5.56 Å². The molecular weight excluding hydrogens is 399 g/mol. The quantitative estimate of drug-likeness (QED) is 0.631. The van der Waals surface area contributed by atoms with Gasteiger partial charge in [0.25, 0.3) is 0 Å². The van der Waals surface area contributed by atoms with Crippen LogP contribution in [-0.4, -0.2) is 36.8 Å². The van der Waals surface area contributed by atoms with Crippen LogP contribution in [0.3, 0.4) is 0 Å². The lowest BCUT2D eigenvalue weighted by atomic mass is 10.2. The number of carbonyl (C=O) groups is 1. The summed E-state index contributed by atoms with van der Waals surface area (Å²) in [6.07, 6.45) is 0.976. The van der Waals surface area contributed by atoms with Crippen LogP contribution >= 0.6 is 0 Å². The number of carbonyl (C=O) groups excluding carboxylic acids is 1. The number of hydrogen-bond donors (Lipinski definition) is 1. The number of sulfonamides is 1. The molecule has 1 atom stereocenters. The van der Waals surface area contributed by atoms with Crippen molar-refractivity contribution in [3.8, 4) is 11.4 Å². The molecule has 2 aromatic carbocycles. The van der Waals surface area contributed by atoms with Gasteiger partial charge in [0.05, 0.1) is 18.5 Å². The standard InChI is InChI=1S/C19H19FN4O4S/c1-13(24(29(2,26)27)16-10-8-15(20)9-11-16)19(25)21-12-17-22-18(23-28-17)14-6-4-3-5-7-14/h3-11,13H,12H2,1-2H3,(H,21,25)/t13-/m0/s1. The van der Waals surface area contributed by atoms with E-state index in [2.05, 4.69) is 15.5 Å². The average molecular weight is 418 g/mol. The van der Waals surface area contributed by atoms with E-state index >= 15 is 0 Å². The Bertz CT molecular complexity index is 1080. The summed E-state index contributed by atoms with van der Waals surface area (Å²) in [6, 6.07) is 12.9. The summed E-state index contributed by atoms with van der Waals surface area (Å²) in [5.74, 6) is -0.520. The second-order valence-electron chi connectivity index (χ2n) is 6.31. The molecular formula is C19H19FN4O4S. The average Bonchev–Trinajstić information content (AvgIpc) is 3.16. The van der Waals surface area contributed by atoms with Crippen molar-refractivity contribution in [2.24, 2.45) is 0 Å². The summed E-state index contributed by atoms with van der Waals surface area (Å²) < 4.78 is 43.6. The highest BCUT2D eigenvalue weighted by atomic mass is 32.2. The van der Waals surface area contributed by atoms with Gasteiger partial charge in [-0.2, -0.15) is 4.98 Å². The summed E-state index contributed by atoms with van der Waals surface area (Å²) in [6.45, 7) is 1.37. The first-order valence-corrected chi connectivity index (χ1v) is 10.5. The van der Waals surface area contributed by atoms with E-state index in [1.54, 1.807) is 0 Å². The SMILES string of the molecule is C[C@@H](C(=O)NCc1nc(-c2ccccc2)no1)N(c1ccc(F)cc1)S(C)(=O)=O. The van der Waals surface area contributed by atoms with Crippen LogP contribution in [0, 0.1) is 5.82 Å². The zero-order valence-corrected chi connectivity index (χ0v) is 16.6. The number of nitrogens with one attached hydrogen (secondary N) is 1. The van der Waals surface area contributed by atoms with Gasteiger partial charge in [0.1, 0.15) is 11.9 Å². The fourth-order valence-electron chi connectivity index (χ4n) is 2.74. The summed E-state index contributed by atoms with van der Waals surface area (Å²) in [5.41, 5.74) is 0.947. The van der Waals surface area contributed by atoms with Gasteiger partial charge in [-0.05, 0) is 31.2 Å². The predicted molar refractivity (Wildman–Crippen MR) is 105 cm³/mol. The third kappa shape index (κ3) is 4.96. The molecule has 1 amide bonds. The summed E-state index contributed by atoms with van der Waals surface area (Å²) in [4.78, 5) is 16.7. The van der Waals surface area contributed by atoms with Crippen LogP contribution in [-0.2, 0) is 21.4 Å². The summed E-state index contributed by atoms with van der Waals surface area (Å²) >= 11 is 0. The molecule has 3 rings (SSSR count). The predicted octanol–water partition coefficient (Wildman–Crippen LogP) is 2.35. The molecule has 1 aromatic heterocycles. The highest BCUT2D eigenvalue weighted by molar-refractivity contribution is 7.92. The Labute approximate surface area is 167 Å². The van der Waals surface area contributed by atoms with E-state index in [9.17, 15) is 17.6 Å². The van der Waals surface area contributed by atoms with E-state index in [0.717, 1.165) is 28.3 Å². The van der Waals surface area contributed by atoms with Crippen LogP contribution in [0.15, 0.2) is 59.1 Å². The lowest BCUT2D eigenvalue weighted by Crippen LogP contribution is -2.47. The van der Waals surface area contributed by atoms with Gasteiger partial charge >= 0.3 is 0 Å². The van der Waals surface area contributed by atoms with Crippen LogP contribution in [0.2, 0.25) is 0 Å². The van der Waals surface area contributed by atoms with E-state index < -0.39 is 27.8 Å². The Kier molecular flexibility index (Phi) is 5.92. The molecule has 0 spiro atoms. The number of rotatable bonds is 7. The van der Waals surface area contributed by atoms with Gasteiger partial charge in [0.15, 0.2) is 0 Å². The number of halogens is 1. The van der Waals surface area contributed by atoms with Crippen molar-refractivity contribution in [1.82, 2.24) is 15.5 Å². The van der Waals surface area contributed by atoms with Gasteiger partial charge < -0.3 is 9.84 Å². The number of hydrogen-bond acceptors (Lipinski definition) is 6. The van der Waals surface area contributed by atoms with E-state index in [1.165, 1.54) is 19.1 Å². The van der Waals surface area contributed by atoms with Crippen LogP contribution in [0.25, 0.3) is 11.4 Å². The van der Waals surface area contributed by atoms with Crippen molar-refractivity contribution >= 4 is 21.6 Å². The van der Waals surface area contributed by atoms with E-state index in [1.807, 2.05) is 30.3 Å². The molecule has 0 aliphatic heterocycles. The molecule has 1 heterocycles. The van der Waals surface area contributed by atoms with Gasteiger partial charge in [-0.3, -0.25) is 9.10 Å². The van der Waals surface area contributed by atoms with Crippen molar-refractivity contribution in [3.63, 3.8) is 0 Å². The molecule has 10 heteroatoms. The van der Waals surface area contributed by atoms with Crippen molar-refractivity contribution in [1.29, 1.82) is 0 Å². The molecule has 0 aliphatic rings. The Hall–Kier alpha value is -3.27. The zero-order valence-electron chi connectivity index (χ0n) is 15.7. The van der Waals surface area contributed by atoms with Crippen LogP contribution in [0.1, 0.15) is 12.8 Å². The normalized spacial score (nSPS) is 12.4. The zero-order chi connectivity index (χ0) is 21.0. The maximum absolute atomic E-state index is 13.2. The minimum Gasteiger partial charge on any atom is -0.345 e. The van der Waals surface area contributed by atoms with Crippen LogP contribution in [0.4, 0.5) is 10.1 Å². The Morgan fingerprint density at radius 3 is 2.45 bits per heavy atom. The molecule has 152 valence electrons. The molecule has 0 fully saturated rings. The molecule has 0 aliphatic carbocycles. The first-order chi connectivity index (χ1) is 13.8. The minimum atomic E-state index is -3.79. The van der Waals surface area contributed by atoms with E-state index in [0.29, 0.717) is 5.82 Å². The van der Waals surface area contributed by atoms with Crippen molar-refractivity contribution < 1.29 is 22.1 Å². The third-order valence-corrected chi connectivity index (χ3v) is 5.33. The lowest BCUT2D eigenvalue weighted by molar-refractivity contribution is -0.122. The van der Waals surface area contributed by atoms with E-state index in [4.69, 9.17) is 4.52 Å². The molecule has 29 heavy (non-hydrogen) atoms.